The summed E-state index contributed by atoms with van der Waals surface area (Å²) >= 11 is 7.51. The first-order valence-corrected chi connectivity index (χ1v) is 8.54. The molecule has 1 fully saturated rings. The topological polar surface area (TPSA) is 70.5 Å². The van der Waals surface area contributed by atoms with Gasteiger partial charge in [0, 0.05) is 24.0 Å². The fourth-order valence-corrected chi connectivity index (χ4v) is 3.77. The van der Waals surface area contributed by atoms with E-state index in [9.17, 15) is 9.59 Å². The summed E-state index contributed by atoms with van der Waals surface area (Å²) in [6.07, 6.45) is 1.31. The normalized spacial score (nSPS) is 18.0. The van der Waals surface area contributed by atoms with Crippen LogP contribution >= 0.6 is 22.9 Å². The molecule has 0 aliphatic carbocycles. The highest BCUT2D eigenvalue weighted by atomic mass is 35.5. The Labute approximate surface area is 142 Å². The largest absolute Gasteiger partial charge is 0.481 e. The number of carbonyl (C=O) groups is 2. The smallest absolute Gasteiger partial charge is 0.308 e. The van der Waals surface area contributed by atoms with E-state index in [4.69, 9.17) is 16.7 Å². The highest BCUT2D eigenvalue weighted by molar-refractivity contribution is 7.13. The van der Waals surface area contributed by atoms with Gasteiger partial charge in [-0.1, -0.05) is 29.8 Å². The molecular weight excluding hydrogens is 336 g/mol. The Morgan fingerprint density at radius 2 is 2.13 bits per heavy atom. The van der Waals surface area contributed by atoms with Gasteiger partial charge in [0.15, 0.2) is 0 Å². The number of carboxylic acid groups (broad SMARTS) is 1. The number of amides is 1. The molecule has 0 saturated carbocycles. The summed E-state index contributed by atoms with van der Waals surface area (Å²) in [5, 5.41) is 12.1. The van der Waals surface area contributed by atoms with Gasteiger partial charge in [-0.3, -0.25) is 9.59 Å². The maximum Gasteiger partial charge on any atom is 0.308 e. The first-order chi connectivity index (χ1) is 11.1. The minimum Gasteiger partial charge on any atom is -0.481 e. The summed E-state index contributed by atoms with van der Waals surface area (Å²) in [4.78, 5) is 29.6. The van der Waals surface area contributed by atoms with Crippen molar-refractivity contribution in [2.45, 2.75) is 12.8 Å². The van der Waals surface area contributed by atoms with E-state index < -0.39 is 11.9 Å². The van der Waals surface area contributed by atoms with Gasteiger partial charge in [-0.25, -0.2) is 4.98 Å². The predicted molar refractivity (Wildman–Crippen MR) is 88.8 cm³/mol. The van der Waals surface area contributed by atoms with E-state index in [1.807, 2.05) is 18.2 Å². The van der Waals surface area contributed by atoms with Crippen LogP contribution in [0.2, 0.25) is 5.02 Å². The summed E-state index contributed by atoms with van der Waals surface area (Å²) < 4.78 is 0. The van der Waals surface area contributed by atoms with Crippen molar-refractivity contribution in [1.29, 1.82) is 0 Å². The predicted octanol–water partition coefficient (Wildman–Crippen LogP) is 3.40. The molecule has 0 bridgehead atoms. The third-order valence-corrected chi connectivity index (χ3v) is 5.09. The minimum absolute atomic E-state index is 0.217. The van der Waals surface area contributed by atoms with Crippen molar-refractivity contribution in [3.05, 3.63) is 40.4 Å². The molecule has 7 heteroatoms. The lowest BCUT2D eigenvalue weighted by atomic mass is 9.98. The van der Waals surface area contributed by atoms with E-state index in [1.54, 1.807) is 16.3 Å². The molecule has 1 N–H and O–H groups in total. The molecule has 1 saturated heterocycles. The number of hydrogen-bond acceptors (Lipinski definition) is 4. The lowest BCUT2D eigenvalue weighted by Crippen LogP contribution is -2.42. The van der Waals surface area contributed by atoms with Crippen molar-refractivity contribution >= 4 is 34.8 Å². The second-order valence-corrected chi connectivity index (χ2v) is 6.71. The molecule has 120 valence electrons. The number of rotatable bonds is 3. The summed E-state index contributed by atoms with van der Waals surface area (Å²) in [6, 6.07) is 7.34. The Morgan fingerprint density at radius 1 is 1.35 bits per heavy atom. The average Bonchev–Trinajstić information content (AvgIpc) is 3.04. The first-order valence-electron chi connectivity index (χ1n) is 7.29. The minimum atomic E-state index is -0.850. The number of carboxylic acids is 1. The Kier molecular flexibility index (Phi) is 4.63. The summed E-state index contributed by atoms with van der Waals surface area (Å²) in [5.41, 5.74) is 1.14. The van der Waals surface area contributed by atoms with Gasteiger partial charge in [-0.05, 0) is 18.9 Å². The van der Waals surface area contributed by atoms with E-state index in [2.05, 4.69) is 4.98 Å². The molecule has 1 atom stereocenters. The van der Waals surface area contributed by atoms with Crippen LogP contribution in [0.1, 0.15) is 23.3 Å². The third-order valence-electron chi connectivity index (χ3n) is 3.89. The molecule has 3 rings (SSSR count). The first kappa shape index (κ1) is 16.0. The quantitative estimate of drug-likeness (QED) is 0.921. The number of aliphatic carboxylic acids is 1. The van der Waals surface area contributed by atoms with Crippen molar-refractivity contribution in [2.75, 3.05) is 13.1 Å². The molecule has 1 aromatic heterocycles. The lowest BCUT2D eigenvalue weighted by molar-refractivity contribution is -0.143. The fraction of sp³-hybridized carbons (Fsp3) is 0.312. The van der Waals surface area contributed by atoms with Gasteiger partial charge < -0.3 is 10.0 Å². The standard InChI is InChI=1S/C16H15ClN2O3S/c17-12-6-2-1-5-11(12)14-18-13(9-23-14)15(20)19-7-3-4-10(8-19)16(21)22/h1-2,5-6,9-10H,3-4,7-8H2,(H,21,22)/t10-/m0/s1. The molecule has 2 heterocycles. The second-order valence-electron chi connectivity index (χ2n) is 5.45. The SMILES string of the molecule is O=C(O)[C@H]1CCCN(C(=O)c2csc(-c3ccccc3Cl)n2)C1. The van der Waals surface area contributed by atoms with Gasteiger partial charge in [0.25, 0.3) is 5.91 Å². The Bertz CT molecular complexity index is 746. The molecule has 23 heavy (non-hydrogen) atoms. The number of thiazole rings is 1. The zero-order valence-corrected chi connectivity index (χ0v) is 13.8. The number of hydrogen-bond donors (Lipinski definition) is 1. The molecule has 1 aromatic carbocycles. The molecule has 1 aliphatic heterocycles. The molecule has 5 nitrogen and oxygen atoms in total. The fourth-order valence-electron chi connectivity index (χ4n) is 2.66. The number of likely N-dealkylation sites (tertiary alicyclic amines) is 1. The summed E-state index contributed by atoms with van der Waals surface area (Å²) in [7, 11) is 0. The van der Waals surface area contributed by atoms with Crippen LogP contribution in [-0.2, 0) is 4.79 Å². The van der Waals surface area contributed by atoms with Gasteiger partial charge in [-0.15, -0.1) is 11.3 Å². The molecule has 0 radical (unpaired) electrons. The van der Waals surface area contributed by atoms with Crippen LogP contribution in [-0.4, -0.2) is 40.0 Å². The Balaban J connectivity index is 1.79. The van der Waals surface area contributed by atoms with Crippen LogP contribution < -0.4 is 0 Å². The highest BCUT2D eigenvalue weighted by Gasteiger charge is 2.29. The lowest BCUT2D eigenvalue weighted by Gasteiger charge is -2.30. The molecule has 1 aliphatic rings. The van der Waals surface area contributed by atoms with Crippen molar-refractivity contribution in [1.82, 2.24) is 9.88 Å². The van der Waals surface area contributed by atoms with Crippen LogP contribution in [0.3, 0.4) is 0 Å². The maximum atomic E-state index is 12.5. The molecule has 0 spiro atoms. The van der Waals surface area contributed by atoms with Crippen molar-refractivity contribution < 1.29 is 14.7 Å². The number of nitrogens with zero attached hydrogens (tertiary/aromatic N) is 2. The maximum absolute atomic E-state index is 12.5. The van der Waals surface area contributed by atoms with Gasteiger partial charge in [0.05, 0.1) is 10.9 Å². The van der Waals surface area contributed by atoms with Crippen LogP contribution in [0.25, 0.3) is 10.6 Å². The average molecular weight is 351 g/mol. The van der Waals surface area contributed by atoms with Crippen LogP contribution in [0.4, 0.5) is 0 Å². The molecule has 0 unspecified atom stereocenters. The number of piperidine rings is 1. The van der Waals surface area contributed by atoms with Crippen LogP contribution in [0, 0.1) is 5.92 Å². The molecule has 1 amide bonds. The van der Waals surface area contributed by atoms with Crippen molar-refractivity contribution in [2.24, 2.45) is 5.92 Å². The van der Waals surface area contributed by atoms with Gasteiger partial charge in [0.1, 0.15) is 10.7 Å². The van der Waals surface area contributed by atoms with E-state index in [-0.39, 0.29) is 12.5 Å². The summed E-state index contributed by atoms with van der Waals surface area (Å²) in [5.74, 6) is -1.56. The Hall–Kier alpha value is -1.92. The second kappa shape index (κ2) is 6.68. The highest BCUT2D eigenvalue weighted by Crippen LogP contribution is 2.30. The Morgan fingerprint density at radius 3 is 2.87 bits per heavy atom. The number of benzene rings is 1. The van der Waals surface area contributed by atoms with Crippen LogP contribution in [0.15, 0.2) is 29.6 Å². The number of halogens is 1. The van der Waals surface area contributed by atoms with Gasteiger partial charge >= 0.3 is 5.97 Å². The van der Waals surface area contributed by atoms with Gasteiger partial charge in [-0.2, -0.15) is 0 Å². The van der Waals surface area contributed by atoms with E-state index in [0.29, 0.717) is 35.1 Å². The summed E-state index contributed by atoms with van der Waals surface area (Å²) in [6.45, 7) is 0.814. The zero-order valence-electron chi connectivity index (χ0n) is 12.2. The third kappa shape index (κ3) is 3.38. The van der Waals surface area contributed by atoms with E-state index >= 15 is 0 Å². The number of aromatic nitrogens is 1. The molecular formula is C16H15ClN2O3S. The monoisotopic (exact) mass is 350 g/mol. The van der Waals surface area contributed by atoms with Crippen molar-refractivity contribution in [3.63, 3.8) is 0 Å². The van der Waals surface area contributed by atoms with E-state index in [1.165, 1.54) is 11.3 Å². The van der Waals surface area contributed by atoms with Gasteiger partial charge in [0.2, 0.25) is 0 Å². The molecule has 2 aromatic rings. The van der Waals surface area contributed by atoms with Crippen LogP contribution in [0.5, 0.6) is 0 Å². The number of carbonyl (C=O) groups excluding carboxylic acids is 1. The van der Waals surface area contributed by atoms with Crippen molar-refractivity contribution in [3.8, 4) is 10.6 Å². The van der Waals surface area contributed by atoms with E-state index in [0.717, 1.165) is 5.56 Å². The zero-order chi connectivity index (χ0) is 16.4.